The number of rotatable bonds is 7. The molecule has 0 radical (unpaired) electrons. The summed E-state index contributed by atoms with van der Waals surface area (Å²) in [6.45, 7) is 11.2. The highest BCUT2D eigenvalue weighted by atomic mass is 19.1. The van der Waals surface area contributed by atoms with Gasteiger partial charge in [0.1, 0.15) is 12.1 Å². The van der Waals surface area contributed by atoms with Crippen molar-refractivity contribution in [3.8, 4) is 0 Å². The highest BCUT2D eigenvalue weighted by Gasteiger charge is 2.24. The number of hydrogen-bond acceptors (Lipinski definition) is 6. The van der Waals surface area contributed by atoms with E-state index in [0.29, 0.717) is 6.54 Å². The molecule has 1 atom stereocenters. The Balaban J connectivity index is 1.42. The highest BCUT2D eigenvalue weighted by Crippen LogP contribution is 2.23. The summed E-state index contributed by atoms with van der Waals surface area (Å²) in [5.41, 5.74) is 2.05. The van der Waals surface area contributed by atoms with Crippen LogP contribution in [-0.2, 0) is 11.3 Å². The Hall–Kier alpha value is -2.49. The summed E-state index contributed by atoms with van der Waals surface area (Å²) in [6.07, 6.45) is 1.62. The fraction of sp³-hybridized carbons (Fsp3) is 0.565. The van der Waals surface area contributed by atoms with Crippen molar-refractivity contribution in [1.82, 2.24) is 25.2 Å². The molecule has 0 spiro atoms. The Morgan fingerprint density at radius 2 is 1.84 bits per heavy atom. The lowest BCUT2D eigenvalue weighted by atomic mass is 10.0. The number of hydrogen-bond donors (Lipinski definition) is 1. The highest BCUT2D eigenvalue weighted by molar-refractivity contribution is 5.80. The Kier molecular flexibility index (Phi) is 8.08. The molecule has 1 N–H and O–H groups in total. The molecule has 2 aliphatic heterocycles. The van der Waals surface area contributed by atoms with Crippen molar-refractivity contribution in [2.45, 2.75) is 19.5 Å². The maximum Gasteiger partial charge on any atom is 0.194 e. The van der Waals surface area contributed by atoms with E-state index in [1.54, 1.807) is 6.26 Å². The molecular formula is C23H33FN6O2. The summed E-state index contributed by atoms with van der Waals surface area (Å²) in [4.78, 5) is 12.1. The molecule has 32 heavy (non-hydrogen) atoms. The number of halogens is 1. The number of piperazine rings is 1. The molecule has 2 saturated heterocycles. The molecule has 0 amide bonds. The summed E-state index contributed by atoms with van der Waals surface area (Å²) < 4.78 is 24.0. The van der Waals surface area contributed by atoms with Gasteiger partial charge in [-0.3, -0.25) is 14.8 Å². The first-order valence-electron chi connectivity index (χ1n) is 11.4. The van der Waals surface area contributed by atoms with E-state index in [2.05, 4.69) is 32.1 Å². The zero-order valence-corrected chi connectivity index (χ0v) is 18.8. The second-order valence-electron chi connectivity index (χ2n) is 8.16. The number of aromatic nitrogens is 1. The lowest BCUT2D eigenvalue weighted by Gasteiger charge is -2.37. The van der Waals surface area contributed by atoms with E-state index >= 15 is 0 Å². The van der Waals surface area contributed by atoms with Crippen LogP contribution in [0.1, 0.15) is 24.2 Å². The van der Waals surface area contributed by atoms with Crippen molar-refractivity contribution in [3.63, 3.8) is 0 Å². The molecule has 2 aliphatic rings. The number of nitrogens with zero attached hydrogens (tertiary/aromatic N) is 5. The molecule has 3 heterocycles. The van der Waals surface area contributed by atoms with Crippen LogP contribution < -0.4 is 5.32 Å². The summed E-state index contributed by atoms with van der Waals surface area (Å²) in [5, 5.41) is 7.48. The second-order valence-corrected chi connectivity index (χ2v) is 8.16. The molecule has 9 heteroatoms. The van der Waals surface area contributed by atoms with Crippen molar-refractivity contribution >= 4 is 5.96 Å². The number of aliphatic imine (C=N–C) groups is 1. The van der Waals surface area contributed by atoms with Crippen molar-refractivity contribution in [1.29, 1.82) is 0 Å². The third-order valence-electron chi connectivity index (χ3n) is 6.04. The van der Waals surface area contributed by atoms with Crippen LogP contribution in [0.15, 0.2) is 46.1 Å². The third-order valence-corrected chi connectivity index (χ3v) is 6.04. The predicted molar refractivity (Wildman–Crippen MR) is 121 cm³/mol. The van der Waals surface area contributed by atoms with E-state index in [-0.39, 0.29) is 11.9 Å². The lowest BCUT2D eigenvalue weighted by Crippen LogP contribution is -2.52. The topological polar surface area (TPSA) is 69.4 Å². The van der Waals surface area contributed by atoms with Gasteiger partial charge in [-0.25, -0.2) is 4.39 Å². The average molecular weight is 445 g/mol. The first-order valence-corrected chi connectivity index (χ1v) is 11.4. The van der Waals surface area contributed by atoms with Gasteiger partial charge in [-0.05, 0) is 24.6 Å². The smallest absolute Gasteiger partial charge is 0.194 e. The minimum absolute atomic E-state index is 0.0987. The monoisotopic (exact) mass is 444 g/mol. The Labute approximate surface area is 189 Å². The van der Waals surface area contributed by atoms with E-state index in [1.165, 1.54) is 12.1 Å². The van der Waals surface area contributed by atoms with Crippen LogP contribution in [0.2, 0.25) is 0 Å². The van der Waals surface area contributed by atoms with Gasteiger partial charge >= 0.3 is 0 Å². The summed E-state index contributed by atoms with van der Waals surface area (Å²) in [5.74, 6) is 0.726. The molecular weight excluding hydrogens is 411 g/mol. The molecule has 8 nitrogen and oxygen atoms in total. The molecule has 1 unspecified atom stereocenters. The van der Waals surface area contributed by atoms with Crippen molar-refractivity contribution in [2.75, 3.05) is 65.6 Å². The van der Waals surface area contributed by atoms with Crippen molar-refractivity contribution in [2.24, 2.45) is 4.99 Å². The van der Waals surface area contributed by atoms with Crippen LogP contribution in [0, 0.1) is 5.82 Å². The number of benzene rings is 1. The van der Waals surface area contributed by atoms with Crippen LogP contribution in [-0.4, -0.2) is 91.4 Å². The Morgan fingerprint density at radius 1 is 1.09 bits per heavy atom. The summed E-state index contributed by atoms with van der Waals surface area (Å²) >= 11 is 0. The van der Waals surface area contributed by atoms with Crippen molar-refractivity contribution < 1.29 is 13.7 Å². The molecule has 2 aromatic rings. The number of guanidine groups is 1. The number of ether oxygens (including phenoxy) is 1. The predicted octanol–water partition coefficient (Wildman–Crippen LogP) is 1.97. The normalized spacial score (nSPS) is 19.8. The molecule has 2 fully saturated rings. The maximum atomic E-state index is 13.5. The Bertz CT molecular complexity index is 831. The third kappa shape index (κ3) is 6.05. The van der Waals surface area contributed by atoms with E-state index in [1.807, 2.05) is 18.2 Å². The quantitative estimate of drug-likeness (QED) is 0.517. The van der Waals surface area contributed by atoms with Crippen LogP contribution >= 0.6 is 0 Å². The standard InChI is InChI=1S/C23H33FN6O2/c1-2-25-23(30-10-8-28(9-11-30)18-21-7-14-32-27-21)26-17-22(29-12-15-31-16-13-29)19-3-5-20(24)6-4-19/h3-7,14,22H,2,8-13,15-18H2,1H3,(H,25,26). The van der Waals surface area contributed by atoms with Gasteiger partial charge in [0, 0.05) is 58.4 Å². The van der Waals surface area contributed by atoms with Gasteiger partial charge in [-0.15, -0.1) is 0 Å². The van der Waals surface area contributed by atoms with Gasteiger partial charge in [-0.1, -0.05) is 17.3 Å². The van der Waals surface area contributed by atoms with Gasteiger partial charge in [0.05, 0.1) is 31.5 Å². The van der Waals surface area contributed by atoms with Crippen LogP contribution in [0.3, 0.4) is 0 Å². The minimum atomic E-state index is -0.213. The molecule has 4 rings (SSSR count). The van der Waals surface area contributed by atoms with Gasteiger partial charge in [0.15, 0.2) is 5.96 Å². The van der Waals surface area contributed by atoms with Crippen LogP contribution in [0.5, 0.6) is 0 Å². The first kappa shape index (κ1) is 22.7. The molecule has 0 bridgehead atoms. The molecule has 174 valence electrons. The van der Waals surface area contributed by atoms with E-state index < -0.39 is 0 Å². The minimum Gasteiger partial charge on any atom is -0.379 e. The summed E-state index contributed by atoms with van der Waals surface area (Å²) in [6, 6.07) is 8.83. The first-order chi connectivity index (χ1) is 15.7. The lowest BCUT2D eigenvalue weighted by molar-refractivity contribution is 0.0179. The van der Waals surface area contributed by atoms with E-state index in [4.69, 9.17) is 14.3 Å². The number of nitrogens with one attached hydrogen (secondary N) is 1. The van der Waals surface area contributed by atoms with Crippen LogP contribution in [0.4, 0.5) is 4.39 Å². The molecule has 1 aromatic heterocycles. The van der Waals surface area contributed by atoms with E-state index in [9.17, 15) is 4.39 Å². The fourth-order valence-electron chi connectivity index (χ4n) is 4.27. The SMILES string of the molecule is CCNC(=NCC(c1ccc(F)cc1)N1CCOCC1)N1CCN(Cc2ccon2)CC1. The fourth-order valence-corrected chi connectivity index (χ4v) is 4.27. The number of morpholine rings is 1. The maximum absolute atomic E-state index is 13.5. The van der Waals surface area contributed by atoms with Crippen LogP contribution in [0.25, 0.3) is 0 Å². The largest absolute Gasteiger partial charge is 0.379 e. The zero-order chi connectivity index (χ0) is 22.2. The van der Waals surface area contributed by atoms with Crippen molar-refractivity contribution in [3.05, 3.63) is 53.7 Å². The summed E-state index contributed by atoms with van der Waals surface area (Å²) in [7, 11) is 0. The average Bonchev–Trinajstić information content (AvgIpc) is 3.34. The van der Waals surface area contributed by atoms with Gasteiger partial charge in [0.25, 0.3) is 0 Å². The van der Waals surface area contributed by atoms with Gasteiger partial charge < -0.3 is 19.5 Å². The molecule has 0 saturated carbocycles. The van der Waals surface area contributed by atoms with Gasteiger partial charge in [-0.2, -0.15) is 0 Å². The van der Waals surface area contributed by atoms with E-state index in [0.717, 1.165) is 82.8 Å². The molecule has 0 aliphatic carbocycles. The Morgan fingerprint density at radius 3 is 2.50 bits per heavy atom. The second kappa shape index (κ2) is 11.4. The molecule has 1 aromatic carbocycles. The zero-order valence-electron chi connectivity index (χ0n) is 18.8. The van der Waals surface area contributed by atoms with Gasteiger partial charge in [0.2, 0.25) is 0 Å².